The Labute approximate surface area is 97.1 Å². The average Bonchev–Trinajstić information content (AvgIpc) is 2.16. The van der Waals surface area contributed by atoms with Crippen molar-refractivity contribution in [2.75, 3.05) is 19.6 Å². The molecular weight excluding hydrogens is 206 g/mol. The summed E-state index contributed by atoms with van der Waals surface area (Å²) in [6, 6.07) is 0. The van der Waals surface area contributed by atoms with Crippen LogP contribution in [0.3, 0.4) is 0 Å². The van der Waals surface area contributed by atoms with Gasteiger partial charge in [0.05, 0.1) is 5.54 Å². The summed E-state index contributed by atoms with van der Waals surface area (Å²) in [6.45, 7) is 7.67. The van der Waals surface area contributed by atoms with Crippen molar-refractivity contribution in [2.24, 2.45) is 5.73 Å². The minimum atomic E-state index is -0.470. The van der Waals surface area contributed by atoms with Gasteiger partial charge in [0.15, 0.2) is 0 Å². The molecule has 0 aromatic carbocycles. The van der Waals surface area contributed by atoms with Crippen molar-refractivity contribution in [1.29, 1.82) is 0 Å². The van der Waals surface area contributed by atoms with Crippen LogP contribution < -0.4 is 16.4 Å². The zero-order valence-corrected chi connectivity index (χ0v) is 10.4. The van der Waals surface area contributed by atoms with Crippen LogP contribution in [0, 0.1) is 0 Å². The van der Waals surface area contributed by atoms with E-state index in [-0.39, 0.29) is 11.6 Å². The predicted octanol–water partition coefficient (Wildman–Crippen LogP) is 0.592. The van der Waals surface area contributed by atoms with Crippen LogP contribution in [0.4, 0.5) is 4.79 Å². The molecule has 1 amide bonds. The summed E-state index contributed by atoms with van der Waals surface area (Å²) in [5, 5.41) is 6.13. The Morgan fingerprint density at radius 1 is 1.56 bits per heavy atom. The molecule has 94 valence electrons. The number of hydrogen-bond donors (Lipinski definition) is 3. The number of piperidine rings is 1. The van der Waals surface area contributed by atoms with Crippen LogP contribution >= 0.6 is 0 Å². The average molecular weight is 229 g/mol. The normalized spacial score (nSPS) is 26.2. The van der Waals surface area contributed by atoms with E-state index in [0.717, 1.165) is 19.4 Å². The number of carbonyl (C=O) groups is 1. The molecule has 0 bridgehead atoms. The van der Waals surface area contributed by atoms with Gasteiger partial charge >= 0.3 is 6.09 Å². The van der Waals surface area contributed by atoms with Gasteiger partial charge in [-0.3, -0.25) is 0 Å². The van der Waals surface area contributed by atoms with Crippen LogP contribution in [-0.2, 0) is 4.74 Å². The molecule has 1 aliphatic heterocycles. The highest BCUT2D eigenvalue weighted by Crippen LogP contribution is 2.16. The molecular formula is C11H23N3O2. The van der Waals surface area contributed by atoms with E-state index >= 15 is 0 Å². The number of nitrogens with one attached hydrogen (secondary N) is 2. The van der Waals surface area contributed by atoms with Gasteiger partial charge in [-0.05, 0) is 40.2 Å². The zero-order valence-electron chi connectivity index (χ0n) is 10.4. The summed E-state index contributed by atoms with van der Waals surface area (Å²) in [7, 11) is 0. The van der Waals surface area contributed by atoms with Gasteiger partial charge in [-0.25, -0.2) is 4.79 Å². The van der Waals surface area contributed by atoms with Gasteiger partial charge in [0.1, 0.15) is 5.60 Å². The van der Waals surface area contributed by atoms with Crippen molar-refractivity contribution >= 4 is 6.09 Å². The van der Waals surface area contributed by atoms with E-state index in [2.05, 4.69) is 10.6 Å². The van der Waals surface area contributed by atoms with Crippen LogP contribution in [-0.4, -0.2) is 36.9 Å². The van der Waals surface area contributed by atoms with E-state index in [1.165, 1.54) is 0 Å². The molecule has 1 fully saturated rings. The smallest absolute Gasteiger partial charge is 0.408 e. The van der Waals surface area contributed by atoms with E-state index < -0.39 is 5.60 Å². The first-order valence-corrected chi connectivity index (χ1v) is 5.79. The van der Waals surface area contributed by atoms with Crippen molar-refractivity contribution in [3.63, 3.8) is 0 Å². The number of nitrogens with two attached hydrogens (primary N) is 1. The molecule has 4 N–H and O–H groups in total. The molecule has 1 aliphatic rings. The van der Waals surface area contributed by atoms with Gasteiger partial charge in [-0.15, -0.1) is 0 Å². The minimum Gasteiger partial charge on any atom is -0.444 e. The van der Waals surface area contributed by atoms with Gasteiger partial charge in [-0.1, -0.05) is 0 Å². The number of hydrogen-bond acceptors (Lipinski definition) is 4. The van der Waals surface area contributed by atoms with E-state index in [4.69, 9.17) is 10.5 Å². The van der Waals surface area contributed by atoms with Gasteiger partial charge in [-0.2, -0.15) is 0 Å². The SMILES string of the molecule is CC(C)(C)OC(=O)N[C@]1(CN)CCCNC1. The lowest BCUT2D eigenvalue weighted by atomic mass is 9.90. The molecule has 0 radical (unpaired) electrons. The summed E-state index contributed by atoms with van der Waals surface area (Å²) >= 11 is 0. The first kappa shape index (κ1) is 13.3. The van der Waals surface area contributed by atoms with Crippen molar-refractivity contribution in [3.8, 4) is 0 Å². The molecule has 0 aromatic heterocycles. The monoisotopic (exact) mass is 229 g/mol. The number of alkyl carbamates (subject to hydrolysis) is 1. The number of amides is 1. The Morgan fingerprint density at radius 2 is 2.25 bits per heavy atom. The van der Waals surface area contributed by atoms with Crippen molar-refractivity contribution in [3.05, 3.63) is 0 Å². The van der Waals surface area contributed by atoms with Crippen LogP contribution in [0.15, 0.2) is 0 Å². The maximum atomic E-state index is 11.7. The molecule has 0 aliphatic carbocycles. The highest BCUT2D eigenvalue weighted by Gasteiger charge is 2.33. The van der Waals surface area contributed by atoms with Crippen LogP contribution in [0.2, 0.25) is 0 Å². The van der Waals surface area contributed by atoms with E-state index in [1.54, 1.807) is 0 Å². The summed E-state index contributed by atoms with van der Waals surface area (Å²) in [6.07, 6.45) is 1.53. The lowest BCUT2D eigenvalue weighted by Gasteiger charge is -2.37. The number of ether oxygens (including phenoxy) is 1. The molecule has 0 saturated carbocycles. The zero-order chi connectivity index (χ0) is 12.2. The number of carbonyl (C=O) groups excluding carboxylic acids is 1. The molecule has 1 rings (SSSR count). The molecule has 0 unspecified atom stereocenters. The number of rotatable bonds is 2. The largest absolute Gasteiger partial charge is 0.444 e. The summed E-state index contributed by atoms with van der Waals surface area (Å²) in [4.78, 5) is 11.7. The molecule has 16 heavy (non-hydrogen) atoms. The third-order valence-electron chi connectivity index (χ3n) is 2.63. The summed E-state index contributed by atoms with van der Waals surface area (Å²) in [5.41, 5.74) is 4.92. The van der Waals surface area contributed by atoms with Crippen LogP contribution in [0.25, 0.3) is 0 Å². The maximum absolute atomic E-state index is 11.7. The standard InChI is InChI=1S/C11H23N3O2/c1-10(2,3)16-9(15)14-11(7-12)5-4-6-13-8-11/h13H,4-8,12H2,1-3H3,(H,14,15)/t11-/m0/s1. The topological polar surface area (TPSA) is 76.4 Å². The lowest BCUT2D eigenvalue weighted by Crippen LogP contribution is -2.62. The molecule has 5 heteroatoms. The minimum absolute atomic E-state index is 0.347. The molecule has 1 saturated heterocycles. The van der Waals surface area contributed by atoms with Gasteiger partial charge in [0.2, 0.25) is 0 Å². The molecule has 1 atom stereocenters. The highest BCUT2D eigenvalue weighted by molar-refractivity contribution is 5.69. The lowest BCUT2D eigenvalue weighted by molar-refractivity contribution is 0.0440. The molecule has 0 spiro atoms. The van der Waals surface area contributed by atoms with Crippen LogP contribution in [0.1, 0.15) is 33.6 Å². The fourth-order valence-electron chi connectivity index (χ4n) is 1.82. The first-order valence-electron chi connectivity index (χ1n) is 5.79. The van der Waals surface area contributed by atoms with E-state index in [0.29, 0.717) is 13.1 Å². The molecule has 5 nitrogen and oxygen atoms in total. The second kappa shape index (κ2) is 5.01. The van der Waals surface area contributed by atoms with Gasteiger partial charge in [0.25, 0.3) is 0 Å². The fraction of sp³-hybridized carbons (Fsp3) is 0.909. The Morgan fingerprint density at radius 3 is 2.69 bits per heavy atom. The quantitative estimate of drug-likeness (QED) is 0.648. The first-order chi connectivity index (χ1) is 7.37. The Kier molecular flexibility index (Phi) is 4.15. The van der Waals surface area contributed by atoms with Gasteiger partial charge in [0, 0.05) is 13.1 Å². The molecule has 0 aromatic rings. The Balaban J connectivity index is 2.52. The van der Waals surface area contributed by atoms with Crippen molar-refractivity contribution in [2.45, 2.75) is 44.8 Å². The van der Waals surface area contributed by atoms with E-state index in [9.17, 15) is 4.79 Å². The van der Waals surface area contributed by atoms with Crippen LogP contribution in [0.5, 0.6) is 0 Å². The Hall–Kier alpha value is -0.810. The van der Waals surface area contributed by atoms with Gasteiger partial charge < -0.3 is 21.1 Å². The second-order valence-corrected chi connectivity index (χ2v) is 5.39. The highest BCUT2D eigenvalue weighted by atomic mass is 16.6. The predicted molar refractivity (Wildman–Crippen MR) is 63.3 cm³/mol. The molecule has 1 heterocycles. The van der Waals surface area contributed by atoms with Crippen molar-refractivity contribution < 1.29 is 9.53 Å². The Bertz CT molecular complexity index is 242. The second-order valence-electron chi connectivity index (χ2n) is 5.39. The summed E-state index contributed by atoms with van der Waals surface area (Å²) < 4.78 is 5.23. The third-order valence-corrected chi connectivity index (χ3v) is 2.63. The summed E-state index contributed by atoms with van der Waals surface area (Å²) in [5.74, 6) is 0. The van der Waals surface area contributed by atoms with E-state index in [1.807, 2.05) is 20.8 Å². The van der Waals surface area contributed by atoms with Crippen molar-refractivity contribution in [1.82, 2.24) is 10.6 Å². The fourth-order valence-corrected chi connectivity index (χ4v) is 1.82. The third kappa shape index (κ3) is 3.98. The maximum Gasteiger partial charge on any atom is 0.408 e.